The van der Waals surface area contributed by atoms with Gasteiger partial charge in [0, 0.05) is 24.3 Å². The summed E-state index contributed by atoms with van der Waals surface area (Å²) in [5.74, 6) is 0.966. The minimum absolute atomic E-state index is 0.00351. The lowest BCUT2D eigenvalue weighted by Crippen LogP contribution is -2.44. The smallest absolute Gasteiger partial charge is 0.334 e. The van der Waals surface area contributed by atoms with E-state index in [1.807, 2.05) is 25.1 Å². The van der Waals surface area contributed by atoms with E-state index in [2.05, 4.69) is 12.1 Å². The lowest BCUT2D eigenvalue weighted by molar-refractivity contribution is -0.151. The fourth-order valence-corrected chi connectivity index (χ4v) is 5.14. The highest BCUT2D eigenvalue weighted by Crippen LogP contribution is 2.66. The molecule has 4 rings (SSSR count). The highest BCUT2D eigenvalue weighted by atomic mass is 16.5. The average molecular weight is 326 g/mol. The van der Waals surface area contributed by atoms with E-state index in [9.17, 15) is 9.59 Å². The van der Waals surface area contributed by atoms with Gasteiger partial charge < -0.3 is 9.47 Å². The number of rotatable bonds is 4. The molecule has 0 heterocycles. The second-order valence-corrected chi connectivity index (χ2v) is 7.01. The van der Waals surface area contributed by atoms with Crippen molar-refractivity contribution in [2.75, 3.05) is 6.61 Å². The van der Waals surface area contributed by atoms with E-state index < -0.39 is 0 Å². The summed E-state index contributed by atoms with van der Waals surface area (Å²) in [6.07, 6.45) is 1.90. The predicted molar refractivity (Wildman–Crippen MR) is 88.7 cm³/mol. The van der Waals surface area contributed by atoms with Crippen LogP contribution in [0, 0.1) is 23.7 Å². The number of carbonyl (C=O) groups excluding carboxylic acids is 2. The molecule has 0 spiro atoms. The van der Waals surface area contributed by atoms with Gasteiger partial charge in [-0.15, -0.1) is 0 Å². The monoisotopic (exact) mass is 326 g/mol. The van der Waals surface area contributed by atoms with Crippen LogP contribution in [0.4, 0.5) is 0 Å². The molecular weight excluding hydrogens is 304 g/mol. The Labute approximate surface area is 141 Å². The third-order valence-electron chi connectivity index (χ3n) is 5.80. The van der Waals surface area contributed by atoms with Crippen molar-refractivity contribution >= 4 is 17.5 Å². The van der Waals surface area contributed by atoms with Gasteiger partial charge in [0.05, 0.1) is 6.61 Å². The van der Waals surface area contributed by atoms with Gasteiger partial charge in [0.15, 0.2) is 0 Å². The summed E-state index contributed by atoms with van der Waals surface area (Å²) in [5, 5.41) is 0. The van der Waals surface area contributed by atoms with Gasteiger partial charge in [0.25, 0.3) is 0 Å². The van der Waals surface area contributed by atoms with Crippen LogP contribution < -0.4 is 0 Å². The van der Waals surface area contributed by atoms with Crippen LogP contribution in [0.5, 0.6) is 0 Å². The van der Waals surface area contributed by atoms with Gasteiger partial charge >= 0.3 is 11.9 Å². The first-order valence-electron chi connectivity index (χ1n) is 8.75. The SMILES string of the molecule is CCOC(=O)C1=C(c2ccccc2)[C@H]2[C@H]3C[C@H](C[C@H]3OC(C)=O)[C@@H]12. The summed E-state index contributed by atoms with van der Waals surface area (Å²) in [6, 6.07) is 10.1. The number of esters is 2. The predicted octanol–water partition coefficient (Wildman–Crippen LogP) is 3.22. The average Bonchev–Trinajstić information content (AvgIpc) is 3.02. The minimum atomic E-state index is -0.209. The van der Waals surface area contributed by atoms with Crippen molar-refractivity contribution in [2.24, 2.45) is 23.7 Å². The van der Waals surface area contributed by atoms with Gasteiger partial charge in [-0.25, -0.2) is 4.79 Å². The molecule has 2 bridgehead atoms. The molecule has 0 amide bonds. The molecule has 5 atom stereocenters. The standard InChI is InChI=1S/C20H22O4/c1-3-23-20(22)19-16(12-7-5-4-6-8-12)18-14-9-13(17(18)19)10-15(14)24-11(2)21/h4-8,13-15,17-18H,3,9-10H2,1-2H3/t13-,14+,15-,17-,18-/m1/s1. The third-order valence-corrected chi connectivity index (χ3v) is 5.80. The van der Waals surface area contributed by atoms with E-state index in [1.54, 1.807) is 0 Å². The van der Waals surface area contributed by atoms with Crippen LogP contribution in [-0.4, -0.2) is 24.6 Å². The lowest BCUT2D eigenvalue weighted by Gasteiger charge is -2.46. The molecule has 0 radical (unpaired) electrons. The van der Waals surface area contributed by atoms with Crippen LogP contribution in [0.2, 0.25) is 0 Å². The number of allylic oxidation sites excluding steroid dienone is 1. The summed E-state index contributed by atoms with van der Waals surface area (Å²) >= 11 is 0. The normalized spacial score (nSPS) is 33.0. The lowest BCUT2D eigenvalue weighted by atomic mass is 9.59. The first kappa shape index (κ1) is 15.4. The summed E-state index contributed by atoms with van der Waals surface area (Å²) < 4.78 is 10.9. The molecule has 24 heavy (non-hydrogen) atoms. The van der Waals surface area contributed by atoms with Gasteiger partial charge in [0.2, 0.25) is 0 Å². The van der Waals surface area contributed by atoms with Gasteiger partial charge in [-0.05, 0) is 42.7 Å². The van der Waals surface area contributed by atoms with Crippen LogP contribution >= 0.6 is 0 Å². The van der Waals surface area contributed by atoms with E-state index >= 15 is 0 Å². The molecule has 0 saturated heterocycles. The van der Waals surface area contributed by atoms with E-state index in [-0.39, 0.29) is 24.0 Å². The maximum atomic E-state index is 12.5. The molecule has 0 aromatic heterocycles. The Morgan fingerprint density at radius 3 is 2.54 bits per heavy atom. The molecule has 2 saturated carbocycles. The van der Waals surface area contributed by atoms with Crippen molar-refractivity contribution in [2.45, 2.75) is 32.8 Å². The quantitative estimate of drug-likeness (QED) is 0.797. The Kier molecular flexibility index (Phi) is 3.70. The molecular formula is C20H22O4. The highest BCUT2D eigenvalue weighted by Gasteiger charge is 2.63. The first-order chi connectivity index (χ1) is 11.6. The van der Waals surface area contributed by atoms with E-state index in [1.165, 1.54) is 6.92 Å². The second kappa shape index (κ2) is 5.76. The number of hydrogen-bond acceptors (Lipinski definition) is 4. The summed E-state index contributed by atoms with van der Waals surface area (Å²) in [5.41, 5.74) is 3.07. The Morgan fingerprint density at radius 1 is 1.12 bits per heavy atom. The minimum Gasteiger partial charge on any atom is -0.463 e. The fraction of sp³-hybridized carbons (Fsp3) is 0.500. The molecule has 0 aliphatic heterocycles. The molecule has 126 valence electrons. The van der Waals surface area contributed by atoms with Crippen molar-refractivity contribution in [1.82, 2.24) is 0 Å². The maximum Gasteiger partial charge on any atom is 0.334 e. The fourth-order valence-electron chi connectivity index (χ4n) is 5.14. The summed E-state index contributed by atoms with van der Waals surface area (Å²) in [7, 11) is 0. The number of ether oxygens (including phenoxy) is 2. The van der Waals surface area contributed by atoms with Crippen molar-refractivity contribution in [3.05, 3.63) is 41.5 Å². The van der Waals surface area contributed by atoms with Gasteiger partial charge in [0.1, 0.15) is 6.10 Å². The van der Waals surface area contributed by atoms with E-state index in [0.29, 0.717) is 24.4 Å². The van der Waals surface area contributed by atoms with Crippen LogP contribution in [-0.2, 0) is 19.1 Å². The number of carbonyl (C=O) groups is 2. The molecule has 2 fully saturated rings. The van der Waals surface area contributed by atoms with E-state index in [0.717, 1.165) is 29.6 Å². The van der Waals surface area contributed by atoms with Gasteiger partial charge in [-0.1, -0.05) is 30.3 Å². The largest absolute Gasteiger partial charge is 0.463 e. The molecule has 1 aromatic carbocycles. The van der Waals surface area contributed by atoms with Crippen molar-refractivity contribution in [1.29, 1.82) is 0 Å². The number of benzene rings is 1. The zero-order chi connectivity index (χ0) is 16.8. The van der Waals surface area contributed by atoms with Crippen molar-refractivity contribution < 1.29 is 19.1 Å². The van der Waals surface area contributed by atoms with Crippen molar-refractivity contribution in [3.8, 4) is 0 Å². The maximum absolute atomic E-state index is 12.5. The molecule has 1 aromatic rings. The van der Waals surface area contributed by atoms with Crippen LogP contribution in [0.25, 0.3) is 5.57 Å². The Balaban J connectivity index is 1.71. The van der Waals surface area contributed by atoms with Gasteiger partial charge in [-0.3, -0.25) is 4.79 Å². The second-order valence-electron chi connectivity index (χ2n) is 7.01. The van der Waals surface area contributed by atoms with Crippen LogP contribution in [0.15, 0.2) is 35.9 Å². The van der Waals surface area contributed by atoms with Crippen LogP contribution in [0.3, 0.4) is 0 Å². The number of fused-ring (bicyclic) bond motifs is 5. The number of hydrogen-bond donors (Lipinski definition) is 0. The van der Waals surface area contributed by atoms with Gasteiger partial charge in [-0.2, -0.15) is 0 Å². The molecule has 3 aliphatic carbocycles. The zero-order valence-electron chi connectivity index (χ0n) is 14.0. The Morgan fingerprint density at radius 2 is 1.88 bits per heavy atom. The topological polar surface area (TPSA) is 52.6 Å². The summed E-state index contributed by atoms with van der Waals surface area (Å²) in [6.45, 7) is 3.71. The Bertz CT molecular complexity index is 706. The molecule has 3 aliphatic rings. The highest BCUT2D eigenvalue weighted by molar-refractivity contribution is 6.03. The van der Waals surface area contributed by atoms with E-state index in [4.69, 9.17) is 9.47 Å². The first-order valence-corrected chi connectivity index (χ1v) is 8.75. The molecule has 4 heteroatoms. The summed E-state index contributed by atoms with van der Waals surface area (Å²) in [4.78, 5) is 23.9. The zero-order valence-corrected chi connectivity index (χ0v) is 14.0. The third kappa shape index (κ3) is 2.20. The van der Waals surface area contributed by atoms with Crippen LogP contribution in [0.1, 0.15) is 32.3 Å². The molecule has 0 unspecified atom stereocenters. The molecule has 0 N–H and O–H groups in total. The Hall–Kier alpha value is -2.10. The van der Waals surface area contributed by atoms with Crippen molar-refractivity contribution in [3.63, 3.8) is 0 Å². The molecule has 4 nitrogen and oxygen atoms in total.